The van der Waals surface area contributed by atoms with Gasteiger partial charge in [0.15, 0.2) is 0 Å². The molecule has 2 rings (SSSR count). The van der Waals surface area contributed by atoms with Crippen molar-refractivity contribution in [2.24, 2.45) is 0 Å². The largest absolute Gasteiger partial charge is 0.326 e. The summed E-state index contributed by atoms with van der Waals surface area (Å²) in [6, 6.07) is 6.34. The third kappa shape index (κ3) is 3.57. The summed E-state index contributed by atoms with van der Waals surface area (Å²) < 4.78 is 0. The van der Waals surface area contributed by atoms with Crippen molar-refractivity contribution < 1.29 is 4.79 Å². The van der Waals surface area contributed by atoms with Crippen LogP contribution in [-0.4, -0.2) is 19.5 Å². The Hall–Kier alpha value is -1.35. The standard InChI is InChI=1S/C15H22N2O/c1-16-10-4-7-15(18)17-14-9-8-12-5-2-3-6-13(12)11-14/h8-9,11,16H,2-7,10H2,1H3,(H,17,18). The topological polar surface area (TPSA) is 41.1 Å². The summed E-state index contributed by atoms with van der Waals surface area (Å²) in [5.74, 6) is 0.112. The average molecular weight is 246 g/mol. The first kappa shape index (κ1) is 13.1. The number of amides is 1. The van der Waals surface area contributed by atoms with Crippen LogP contribution < -0.4 is 10.6 Å². The van der Waals surface area contributed by atoms with Crippen LogP contribution in [0, 0.1) is 0 Å². The van der Waals surface area contributed by atoms with Gasteiger partial charge in [0.25, 0.3) is 0 Å². The molecule has 0 heterocycles. The summed E-state index contributed by atoms with van der Waals surface area (Å²) in [4.78, 5) is 11.7. The van der Waals surface area contributed by atoms with Gasteiger partial charge in [-0.25, -0.2) is 0 Å². The summed E-state index contributed by atoms with van der Waals surface area (Å²) in [5.41, 5.74) is 3.81. The molecule has 18 heavy (non-hydrogen) atoms. The van der Waals surface area contributed by atoms with Gasteiger partial charge in [-0.1, -0.05) is 6.07 Å². The summed E-state index contributed by atoms with van der Waals surface area (Å²) in [6.07, 6.45) is 6.37. The van der Waals surface area contributed by atoms with E-state index in [4.69, 9.17) is 0 Å². The Bertz CT molecular complexity index is 415. The SMILES string of the molecule is CNCCCC(=O)Nc1ccc2c(c1)CCCC2. The molecule has 0 aromatic heterocycles. The first-order valence-electron chi connectivity index (χ1n) is 6.86. The van der Waals surface area contributed by atoms with Crippen LogP contribution in [0.2, 0.25) is 0 Å². The second kappa shape index (κ2) is 6.55. The van der Waals surface area contributed by atoms with E-state index in [2.05, 4.69) is 22.8 Å². The van der Waals surface area contributed by atoms with E-state index in [0.717, 1.165) is 25.1 Å². The molecule has 0 fully saturated rings. The van der Waals surface area contributed by atoms with Crippen LogP contribution in [0.1, 0.15) is 36.8 Å². The van der Waals surface area contributed by atoms with Gasteiger partial charge in [-0.3, -0.25) is 4.79 Å². The minimum Gasteiger partial charge on any atom is -0.326 e. The first-order valence-corrected chi connectivity index (χ1v) is 6.86. The zero-order chi connectivity index (χ0) is 12.8. The number of hydrogen-bond acceptors (Lipinski definition) is 2. The summed E-state index contributed by atoms with van der Waals surface area (Å²) in [7, 11) is 1.90. The van der Waals surface area contributed by atoms with Gasteiger partial charge in [0, 0.05) is 12.1 Å². The van der Waals surface area contributed by atoms with E-state index < -0.39 is 0 Å². The normalized spacial score (nSPS) is 14.1. The van der Waals surface area contributed by atoms with Gasteiger partial charge in [-0.05, 0) is 69.0 Å². The molecule has 3 nitrogen and oxygen atoms in total. The number of anilines is 1. The van der Waals surface area contributed by atoms with Gasteiger partial charge < -0.3 is 10.6 Å². The third-order valence-electron chi connectivity index (χ3n) is 3.46. The number of hydrogen-bond donors (Lipinski definition) is 2. The minimum atomic E-state index is 0.112. The van der Waals surface area contributed by atoms with E-state index in [-0.39, 0.29) is 5.91 Å². The zero-order valence-corrected chi connectivity index (χ0v) is 11.1. The molecule has 1 aliphatic carbocycles. The zero-order valence-electron chi connectivity index (χ0n) is 11.1. The Balaban J connectivity index is 1.91. The molecular weight excluding hydrogens is 224 g/mol. The molecule has 1 aromatic carbocycles. The maximum Gasteiger partial charge on any atom is 0.224 e. The van der Waals surface area contributed by atoms with E-state index in [1.54, 1.807) is 0 Å². The highest BCUT2D eigenvalue weighted by Gasteiger charge is 2.10. The molecule has 98 valence electrons. The highest BCUT2D eigenvalue weighted by atomic mass is 16.1. The highest BCUT2D eigenvalue weighted by Crippen LogP contribution is 2.24. The molecule has 1 aliphatic rings. The van der Waals surface area contributed by atoms with Gasteiger partial charge in [0.2, 0.25) is 5.91 Å². The number of benzene rings is 1. The van der Waals surface area contributed by atoms with Crippen LogP contribution in [-0.2, 0) is 17.6 Å². The smallest absolute Gasteiger partial charge is 0.224 e. The fourth-order valence-corrected chi connectivity index (χ4v) is 2.46. The van der Waals surface area contributed by atoms with E-state index in [0.29, 0.717) is 6.42 Å². The molecule has 0 bridgehead atoms. The second-order valence-electron chi connectivity index (χ2n) is 4.95. The quantitative estimate of drug-likeness (QED) is 0.784. The summed E-state index contributed by atoms with van der Waals surface area (Å²) >= 11 is 0. The predicted molar refractivity (Wildman–Crippen MR) is 74.9 cm³/mol. The molecule has 1 aromatic rings. The van der Waals surface area contributed by atoms with Gasteiger partial charge in [0.1, 0.15) is 0 Å². The monoisotopic (exact) mass is 246 g/mol. The lowest BCUT2D eigenvalue weighted by atomic mass is 9.91. The van der Waals surface area contributed by atoms with Crippen LogP contribution in [0.4, 0.5) is 5.69 Å². The van der Waals surface area contributed by atoms with E-state index in [1.165, 1.54) is 30.4 Å². The molecule has 0 spiro atoms. The van der Waals surface area contributed by atoms with Crippen molar-refractivity contribution in [3.8, 4) is 0 Å². The van der Waals surface area contributed by atoms with Crippen LogP contribution in [0.5, 0.6) is 0 Å². The van der Waals surface area contributed by atoms with Gasteiger partial charge in [0.05, 0.1) is 0 Å². The molecule has 0 saturated carbocycles. The van der Waals surface area contributed by atoms with Crippen molar-refractivity contribution >= 4 is 11.6 Å². The number of fused-ring (bicyclic) bond motifs is 1. The Kier molecular flexibility index (Phi) is 4.76. The fraction of sp³-hybridized carbons (Fsp3) is 0.533. The van der Waals surface area contributed by atoms with Crippen LogP contribution in [0.3, 0.4) is 0 Å². The minimum absolute atomic E-state index is 0.112. The molecule has 0 radical (unpaired) electrons. The van der Waals surface area contributed by atoms with Crippen molar-refractivity contribution in [3.05, 3.63) is 29.3 Å². The number of nitrogens with one attached hydrogen (secondary N) is 2. The van der Waals surface area contributed by atoms with Crippen LogP contribution in [0.25, 0.3) is 0 Å². The van der Waals surface area contributed by atoms with E-state index in [1.807, 2.05) is 13.1 Å². The van der Waals surface area contributed by atoms with Crippen LogP contribution >= 0.6 is 0 Å². The predicted octanol–water partition coefficient (Wildman–Crippen LogP) is 2.50. The molecule has 3 heteroatoms. The van der Waals surface area contributed by atoms with Gasteiger partial charge in [-0.15, -0.1) is 0 Å². The number of rotatable bonds is 5. The lowest BCUT2D eigenvalue weighted by Gasteiger charge is -2.16. The molecule has 1 amide bonds. The van der Waals surface area contributed by atoms with Gasteiger partial charge in [-0.2, -0.15) is 0 Å². The lowest BCUT2D eigenvalue weighted by molar-refractivity contribution is -0.116. The third-order valence-corrected chi connectivity index (χ3v) is 3.46. The Morgan fingerprint density at radius 3 is 2.78 bits per heavy atom. The summed E-state index contributed by atoms with van der Waals surface area (Å²) in [6.45, 7) is 0.887. The van der Waals surface area contributed by atoms with Crippen LogP contribution in [0.15, 0.2) is 18.2 Å². The van der Waals surface area contributed by atoms with E-state index >= 15 is 0 Å². The molecule has 0 atom stereocenters. The Morgan fingerprint density at radius 2 is 2.00 bits per heavy atom. The Morgan fingerprint density at radius 1 is 1.22 bits per heavy atom. The first-order chi connectivity index (χ1) is 8.79. The molecular formula is C15H22N2O. The molecule has 0 saturated heterocycles. The highest BCUT2D eigenvalue weighted by molar-refractivity contribution is 5.90. The van der Waals surface area contributed by atoms with Crippen molar-refractivity contribution in [1.29, 1.82) is 0 Å². The number of carbonyl (C=O) groups is 1. The molecule has 0 aliphatic heterocycles. The average Bonchev–Trinajstić information content (AvgIpc) is 2.39. The van der Waals surface area contributed by atoms with Crippen molar-refractivity contribution in [2.75, 3.05) is 18.9 Å². The van der Waals surface area contributed by atoms with Crippen molar-refractivity contribution in [3.63, 3.8) is 0 Å². The summed E-state index contributed by atoms with van der Waals surface area (Å²) in [5, 5.41) is 6.03. The maximum absolute atomic E-state index is 11.7. The second-order valence-corrected chi connectivity index (χ2v) is 4.95. The maximum atomic E-state index is 11.7. The Labute approximate surface area is 109 Å². The number of aryl methyl sites for hydroxylation is 2. The molecule has 0 unspecified atom stereocenters. The number of carbonyl (C=O) groups excluding carboxylic acids is 1. The van der Waals surface area contributed by atoms with Crippen molar-refractivity contribution in [2.45, 2.75) is 38.5 Å². The molecule has 2 N–H and O–H groups in total. The van der Waals surface area contributed by atoms with Gasteiger partial charge >= 0.3 is 0 Å². The van der Waals surface area contributed by atoms with Crippen molar-refractivity contribution in [1.82, 2.24) is 5.32 Å². The fourth-order valence-electron chi connectivity index (χ4n) is 2.46. The van der Waals surface area contributed by atoms with E-state index in [9.17, 15) is 4.79 Å². The lowest BCUT2D eigenvalue weighted by Crippen LogP contribution is -2.15.